The molecular weight excluding hydrogens is 324 g/mol. The first-order chi connectivity index (χ1) is 12.0. The summed E-state index contributed by atoms with van der Waals surface area (Å²) in [5.41, 5.74) is 0.641. The Balaban J connectivity index is 1.53. The number of hydrogen-bond acceptors (Lipinski definition) is 7. The molecule has 3 heterocycles. The molecule has 1 spiro atoms. The molecule has 1 aromatic rings. The number of anilines is 1. The maximum atomic E-state index is 10.7. The first kappa shape index (κ1) is 18.0. The highest BCUT2D eigenvalue weighted by Gasteiger charge is 2.43. The SMILES string of the molecule is CN(CC(=O)O)c1ncc(CN2CCC3(CC2)OCCC[C@H]3O)cn1. The summed E-state index contributed by atoms with van der Waals surface area (Å²) in [6.07, 6.45) is 6.60. The van der Waals surface area contributed by atoms with Gasteiger partial charge in [0.1, 0.15) is 6.54 Å². The fraction of sp³-hybridized carbons (Fsp3) is 0.706. The van der Waals surface area contributed by atoms with Crippen molar-refractivity contribution in [3.05, 3.63) is 18.0 Å². The summed E-state index contributed by atoms with van der Waals surface area (Å²) in [4.78, 5) is 23.1. The van der Waals surface area contributed by atoms with Crippen LogP contribution in [0.15, 0.2) is 12.4 Å². The molecule has 3 rings (SSSR count). The quantitative estimate of drug-likeness (QED) is 0.792. The molecule has 2 N–H and O–H groups in total. The van der Waals surface area contributed by atoms with Crippen molar-refractivity contribution in [2.45, 2.75) is 43.9 Å². The van der Waals surface area contributed by atoms with Gasteiger partial charge in [0.15, 0.2) is 0 Å². The van der Waals surface area contributed by atoms with Crippen molar-refractivity contribution < 1.29 is 19.7 Å². The normalized spacial score (nSPS) is 23.5. The first-order valence-corrected chi connectivity index (χ1v) is 8.77. The van der Waals surface area contributed by atoms with Gasteiger partial charge in [0.2, 0.25) is 5.95 Å². The number of carboxylic acid groups (broad SMARTS) is 1. The molecule has 0 saturated carbocycles. The summed E-state index contributed by atoms with van der Waals surface area (Å²) in [6.45, 7) is 3.11. The molecule has 2 saturated heterocycles. The lowest BCUT2D eigenvalue weighted by atomic mass is 9.82. The number of aliphatic carboxylic acids is 1. The number of rotatable bonds is 5. The fourth-order valence-electron chi connectivity index (χ4n) is 3.64. The fourth-order valence-corrected chi connectivity index (χ4v) is 3.64. The lowest BCUT2D eigenvalue weighted by Crippen LogP contribution is -2.55. The molecule has 1 atom stereocenters. The van der Waals surface area contributed by atoms with E-state index in [4.69, 9.17) is 9.84 Å². The van der Waals surface area contributed by atoms with E-state index in [2.05, 4.69) is 14.9 Å². The Morgan fingerprint density at radius 2 is 2.08 bits per heavy atom. The summed E-state index contributed by atoms with van der Waals surface area (Å²) >= 11 is 0. The largest absolute Gasteiger partial charge is 0.480 e. The number of aromatic nitrogens is 2. The molecule has 0 amide bonds. The molecule has 25 heavy (non-hydrogen) atoms. The molecule has 8 nitrogen and oxygen atoms in total. The predicted octanol–water partition coefficient (Wildman–Crippen LogP) is 0.503. The second kappa shape index (κ2) is 7.63. The van der Waals surface area contributed by atoms with E-state index >= 15 is 0 Å². The van der Waals surface area contributed by atoms with Gasteiger partial charge < -0.3 is 19.8 Å². The third-order valence-corrected chi connectivity index (χ3v) is 5.13. The van der Waals surface area contributed by atoms with Crippen molar-refractivity contribution in [3.63, 3.8) is 0 Å². The van der Waals surface area contributed by atoms with Gasteiger partial charge in [-0.05, 0) is 25.7 Å². The topological polar surface area (TPSA) is 99.0 Å². The number of nitrogens with zero attached hydrogens (tertiary/aromatic N) is 4. The third-order valence-electron chi connectivity index (χ3n) is 5.13. The molecule has 0 aliphatic carbocycles. The maximum Gasteiger partial charge on any atom is 0.323 e. The summed E-state index contributed by atoms with van der Waals surface area (Å²) in [7, 11) is 1.66. The van der Waals surface area contributed by atoms with Crippen molar-refractivity contribution in [2.24, 2.45) is 0 Å². The van der Waals surface area contributed by atoms with E-state index in [-0.39, 0.29) is 18.2 Å². The van der Waals surface area contributed by atoms with Crippen molar-refractivity contribution in [2.75, 3.05) is 38.2 Å². The Labute approximate surface area is 147 Å². The highest BCUT2D eigenvalue weighted by molar-refractivity contribution is 5.72. The van der Waals surface area contributed by atoms with Crippen LogP contribution in [0.25, 0.3) is 0 Å². The van der Waals surface area contributed by atoms with Crippen LogP contribution < -0.4 is 4.90 Å². The van der Waals surface area contributed by atoms with Crippen LogP contribution in [0, 0.1) is 0 Å². The molecule has 1 aromatic heterocycles. The van der Waals surface area contributed by atoms with Crippen molar-refractivity contribution in [1.29, 1.82) is 0 Å². The van der Waals surface area contributed by atoms with Crippen LogP contribution in [0.2, 0.25) is 0 Å². The van der Waals surface area contributed by atoms with Gasteiger partial charge in [-0.1, -0.05) is 0 Å². The molecule has 138 valence electrons. The number of carboxylic acids is 1. The van der Waals surface area contributed by atoms with Crippen LogP contribution in [0.5, 0.6) is 0 Å². The Morgan fingerprint density at radius 3 is 2.68 bits per heavy atom. The predicted molar refractivity (Wildman–Crippen MR) is 91.4 cm³/mol. The minimum absolute atomic E-state index is 0.129. The highest BCUT2D eigenvalue weighted by Crippen LogP contribution is 2.35. The van der Waals surface area contributed by atoms with Gasteiger partial charge >= 0.3 is 5.97 Å². The molecule has 2 aliphatic heterocycles. The number of hydrogen-bond donors (Lipinski definition) is 2. The first-order valence-electron chi connectivity index (χ1n) is 8.77. The summed E-state index contributed by atoms with van der Waals surface area (Å²) in [5.74, 6) is -0.507. The molecular formula is C17H26N4O4. The van der Waals surface area contributed by atoms with Crippen LogP contribution in [-0.4, -0.2) is 76.0 Å². The Bertz CT molecular complexity index is 587. The number of aliphatic hydroxyl groups excluding tert-OH is 1. The van der Waals surface area contributed by atoms with Crippen molar-refractivity contribution in [1.82, 2.24) is 14.9 Å². The van der Waals surface area contributed by atoms with Crippen molar-refractivity contribution in [3.8, 4) is 0 Å². The molecule has 0 aromatic carbocycles. The summed E-state index contributed by atoms with van der Waals surface area (Å²) < 4.78 is 5.94. The van der Waals surface area contributed by atoms with Crippen LogP contribution in [0.3, 0.4) is 0 Å². The van der Waals surface area contributed by atoms with E-state index in [1.165, 1.54) is 4.90 Å². The number of likely N-dealkylation sites (N-methyl/N-ethyl adjacent to an activating group) is 1. The lowest BCUT2D eigenvalue weighted by molar-refractivity contribution is -0.177. The maximum absolute atomic E-state index is 10.7. The molecule has 8 heteroatoms. The number of piperidine rings is 1. The van der Waals surface area contributed by atoms with Gasteiger partial charge in [0.05, 0.1) is 11.7 Å². The van der Waals surface area contributed by atoms with Gasteiger partial charge in [-0.3, -0.25) is 9.69 Å². The zero-order valence-electron chi connectivity index (χ0n) is 14.6. The summed E-state index contributed by atoms with van der Waals surface area (Å²) in [6, 6.07) is 0. The second-order valence-corrected chi connectivity index (χ2v) is 6.99. The Hall–Kier alpha value is -1.77. The smallest absolute Gasteiger partial charge is 0.323 e. The lowest BCUT2D eigenvalue weighted by Gasteiger charge is -2.46. The van der Waals surface area contributed by atoms with Crippen LogP contribution >= 0.6 is 0 Å². The minimum Gasteiger partial charge on any atom is -0.480 e. The van der Waals surface area contributed by atoms with E-state index in [1.807, 2.05) is 0 Å². The number of ether oxygens (including phenoxy) is 1. The zero-order valence-corrected chi connectivity index (χ0v) is 14.6. The van der Waals surface area contributed by atoms with E-state index in [1.54, 1.807) is 19.4 Å². The van der Waals surface area contributed by atoms with Crippen LogP contribution in [0.1, 0.15) is 31.2 Å². The molecule has 0 bridgehead atoms. The van der Waals surface area contributed by atoms with E-state index in [0.29, 0.717) is 5.95 Å². The van der Waals surface area contributed by atoms with Crippen LogP contribution in [0.4, 0.5) is 5.95 Å². The van der Waals surface area contributed by atoms with Gasteiger partial charge in [-0.2, -0.15) is 0 Å². The molecule has 0 radical (unpaired) electrons. The van der Waals surface area contributed by atoms with Crippen LogP contribution in [-0.2, 0) is 16.1 Å². The van der Waals surface area contributed by atoms with Gasteiger partial charge in [-0.25, -0.2) is 9.97 Å². The second-order valence-electron chi connectivity index (χ2n) is 6.99. The van der Waals surface area contributed by atoms with Gasteiger partial charge in [0, 0.05) is 51.2 Å². The minimum atomic E-state index is -0.912. The number of carbonyl (C=O) groups is 1. The van der Waals surface area contributed by atoms with Gasteiger partial charge in [0.25, 0.3) is 0 Å². The number of likely N-dealkylation sites (tertiary alicyclic amines) is 1. The van der Waals surface area contributed by atoms with Gasteiger partial charge in [-0.15, -0.1) is 0 Å². The Morgan fingerprint density at radius 1 is 1.40 bits per heavy atom. The molecule has 2 aliphatic rings. The average Bonchev–Trinajstić information content (AvgIpc) is 2.60. The third kappa shape index (κ3) is 4.26. The standard InChI is InChI=1S/C17H26N4O4/c1-20(12-15(23)24)16-18-9-13(10-19-16)11-21-6-4-17(5-7-21)14(22)3-2-8-25-17/h9-10,14,22H,2-8,11-12H2,1H3,(H,23,24)/t14-/m1/s1. The average molecular weight is 350 g/mol. The molecule has 2 fully saturated rings. The zero-order chi connectivity index (χ0) is 17.9. The highest BCUT2D eigenvalue weighted by atomic mass is 16.5. The van der Waals surface area contributed by atoms with E-state index < -0.39 is 5.97 Å². The van der Waals surface area contributed by atoms with E-state index in [9.17, 15) is 9.90 Å². The molecule has 0 unspecified atom stereocenters. The number of aliphatic hydroxyl groups is 1. The monoisotopic (exact) mass is 350 g/mol. The summed E-state index contributed by atoms with van der Waals surface area (Å²) in [5, 5.41) is 19.1. The van der Waals surface area contributed by atoms with E-state index in [0.717, 1.165) is 57.5 Å². The Kier molecular flexibility index (Phi) is 5.51. The van der Waals surface area contributed by atoms with Crippen molar-refractivity contribution >= 4 is 11.9 Å².